The predicted octanol–water partition coefficient (Wildman–Crippen LogP) is 3.65. The fourth-order valence-corrected chi connectivity index (χ4v) is 3.50. The molecule has 1 saturated heterocycles. The lowest BCUT2D eigenvalue weighted by Gasteiger charge is -2.19. The molecule has 0 aromatic heterocycles. The van der Waals surface area contributed by atoms with Gasteiger partial charge in [-0.1, -0.05) is 48.5 Å². The van der Waals surface area contributed by atoms with Crippen LogP contribution in [0.5, 0.6) is 0 Å². The number of nitrogens with zero attached hydrogens (tertiary/aromatic N) is 1. The minimum atomic E-state index is -0.392. The van der Waals surface area contributed by atoms with Crippen LogP contribution in [0.4, 0.5) is 10.1 Å². The lowest BCUT2D eigenvalue weighted by atomic mass is 10.1. The van der Waals surface area contributed by atoms with Crippen LogP contribution in [-0.4, -0.2) is 18.4 Å². The monoisotopic (exact) mass is 362 g/mol. The number of hydrogen-bond acceptors (Lipinski definition) is 2. The van der Waals surface area contributed by atoms with Crippen LogP contribution in [0.3, 0.4) is 0 Å². The molecule has 1 atom stereocenters. The van der Waals surface area contributed by atoms with Crippen LogP contribution in [0.1, 0.15) is 12.0 Å². The van der Waals surface area contributed by atoms with E-state index in [0.717, 1.165) is 22.0 Å². The van der Waals surface area contributed by atoms with Crippen molar-refractivity contribution in [3.63, 3.8) is 0 Å². The first-order valence-corrected chi connectivity index (χ1v) is 8.92. The molecule has 0 saturated carbocycles. The highest BCUT2D eigenvalue weighted by Gasteiger charge is 2.35. The maximum Gasteiger partial charge on any atom is 0.227 e. The quantitative estimate of drug-likeness (QED) is 0.770. The van der Waals surface area contributed by atoms with Crippen LogP contribution >= 0.6 is 0 Å². The summed E-state index contributed by atoms with van der Waals surface area (Å²) in [5.41, 5.74) is 1.66. The molecule has 1 fully saturated rings. The Balaban J connectivity index is 1.47. The van der Waals surface area contributed by atoms with Gasteiger partial charge in [-0.05, 0) is 29.1 Å². The van der Waals surface area contributed by atoms with Gasteiger partial charge in [0, 0.05) is 24.9 Å². The second kappa shape index (κ2) is 7.19. The smallest absolute Gasteiger partial charge is 0.227 e. The van der Waals surface area contributed by atoms with Crippen LogP contribution in [0.25, 0.3) is 10.8 Å². The molecule has 3 aromatic rings. The molecule has 5 heteroatoms. The van der Waals surface area contributed by atoms with Gasteiger partial charge in [0.25, 0.3) is 0 Å². The number of fused-ring (bicyclic) bond motifs is 1. The number of carbonyl (C=O) groups excluding carboxylic acids is 2. The number of amides is 2. The van der Waals surface area contributed by atoms with Crippen molar-refractivity contribution >= 4 is 28.3 Å². The zero-order valence-corrected chi connectivity index (χ0v) is 14.7. The Morgan fingerprint density at radius 2 is 1.78 bits per heavy atom. The summed E-state index contributed by atoms with van der Waals surface area (Å²) in [5, 5.41) is 4.91. The minimum Gasteiger partial charge on any atom is -0.352 e. The highest BCUT2D eigenvalue weighted by Crippen LogP contribution is 2.31. The van der Waals surface area contributed by atoms with Crippen molar-refractivity contribution in [1.82, 2.24) is 5.32 Å². The zero-order valence-electron chi connectivity index (χ0n) is 14.7. The highest BCUT2D eigenvalue weighted by atomic mass is 19.1. The number of hydrogen-bond donors (Lipinski definition) is 1. The molecule has 0 radical (unpaired) electrons. The number of halogens is 1. The third-order valence-electron chi connectivity index (χ3n) is 4.93. The Labute approximate surface area is 156 Å². The molecule has 3 aromatic carbocycles. The summed E-state index contributed by atoms with van der Waals surface area (Å²) in [5.74, 6) is -0.905. The summed E-state index contributed by atoms with van der Waals surface area (Å²) >= 11 is 0. The molecule has 27 heavy (non-hydrogen) atoms. The Kier molecular flexibility index (Phi) is 4.59. The van der Waals surface area contributed by atoms with Gasteiger partial charge in [-0.15, -0.1) is 0 Å². The standard InChI is InChI=1S/C22H19FN2O2/c23-18-10-8-15(9-11-18)13-24-22(27)17-12-21(26)25(14-17)20-7-3-5-16-4-1-2-6-19(16)20/h1-11,17H,12-14H2,(H,24,27)/t17-/m1/s1. The summed E-state index contributed by atoms with van der Waals surface area (Å²) in [6.45, 7) is 0.681. The fraction of sp³-hybridized carbons (Fsp3) is 0.182. The van der Waals surface area contributed by atoms with Crippen molar-refractivity contribution in [2.24, 2.45) is 5.92 Å². The maximum atomic E-state index is 13.0. The molecule has 0 aliphatic carbocycles. The van der Waals surface area contributed by atoms with Crippen LogP contribution in [0.2, 0.25) is 0 Å². The summed E-state index contributed by atoms with van der Waals surface area (Å²) in [6, 6.07) is 19.7. The summed E-state index contributed by atoms with van der Waals surface area (Å²) in [6.07, 6.45) is 0.193. The van der Waals surface area contributed by atoms with Crippen molar-refractivity contribution in [2.75, 3.05) is 11.4 Å². The first-order valence-electron chi connectivity index (χ1n) is 8.92. The Hall–Kier alpha value is -3.21. The number of anilines is 1. The van der Waals surface area contributed by atoms with Gasteiger partial charge in [-0.3, -0.25) is 9.59 Å². The number of carbonyl (C=O) groups is 2. The molecule has 136 valence electrons. The van der Waals surface area contributed by atoms with Gasteiger partial charge in [0.15, 0.2) is 0 Å². The predicted molar refractivity (Wildman–Crippen MR) is 103 cm³/mol. The van der Waals surface area contributed by atoms with E-state index < -0.39 is 5.92 Å². The largest absolute Gasteiger partial charge is 0.352 e. The molecule has 4 rings (SSSR count). The van der Waals surface area contributed by atoms with E-state index in [1.165, 1.54) is 12.1 Å². The third kappa shape index (κ3) is 3.53. The van der Waals surface area contributed by atoms with Gasteiger partial charge in [0.1, 0.15) is 5.82 Å². The molecule has 4 nitrogen and oxygen atoms in total. The molecule has 0 unspecified atom stereocenters. The Bertz CT molecular complexity index is 995. The molecular formula is C22H19FN2O2. The number of nitrogens with one attached hydrogen (secondary N) is 1. The van der Waals surface area contributed by atoms with Gasteiger partial charge in [-0.25, -0.2) is 4.39 Å². The van der Waals surface area contributed by atoms with Crippen LogP contribution in [0.15, 0.2) is 66.7 Å². The van der Waals surface area contributed by atoms with E-state index >= 15 is 0 Å². The van der Waals surface area contributed by atoms with E-state index in [-0.39, 0.29) is 24.1 Å². The minimum absolute atomic E-state index is 0.0479. The zero-order chi connectivity index (χ0) is 18.8. The summed E-state index contributed by atoms with van der Waals surface area (Å²) in [7, 11) is 0. The van der Waals surface area contributed by atoms with Crippen molar-refractivity contribution < 1.29 is 14.0 Å². The van der Waals surface area contributed by atoms with E-state index in [4.69, 9.17) is 0 Å². The highest BCUT2D eigenvalue weighted by molar-refractivity contribution is 6.06. The lowest BCUT2D eigenvalue weighted by Crippen LogP contribution is -2.32. The van der Waals surface area contributed by atoms with Crippen molar-refractivity contribution in [3.05, 3.63) is 78.1 Å². The molecule has 1 heterocycles. The van der Waals surface area contributed by atoms with Crippen molar-refractivity contribution in [2.45, 2.75) is 13.0 Å². The molecular weight excluding hydrogens is 343 g/mol. The molecule has 0 bridgehead atoms. The van der Waals surface area contributed by atoms with Gasteiger partial charge < -0.3 is 10.2 Å². The summed E-state index contributed by atoms with van der Waals surface area (Å²) in [4.78, 5) is 26.8. The number of rotatable bonds is 4. The van der Waals surface area contributed by atoms with Crippen molar-refractivity contribution in [3.8, 4) is 0 Å². The summed E-state index contributed by atoms with van der Waals surface area (Å²) < 4.78 is 13.0. The van der Waals surface area contributed by atoms with Crippen molar-refractivity contribution in [1.29, 1.82) is 0 Å². The van der Waals surface area contributed by atoms with Gasteiger partial charge >= 0.3 is 0 Å². The molecule has 0 spiro atoms. The van der Waals surface area contributed by atoms with Gasteiger partial charge in [0.2, 0.25) is 11.8 Å². The maximum absolute atomic E-state index is 13.0. The fourth-order valence-electron chi connectivity index (χ4n) is 3.50. The van der Waals surface area contributed by atoms with E-state index in [1.807, 2.05) is 42.5 Å². The topological polar surface area (TPSA) is 49.4 Å². The Morgan fingerprint density at radius 1 is 1.04 bits per heavy atom. The first-order chi connectivity index (χ1) is 13.1. The molecule has 1 N–H and O–H groups in total. The van der Waals surface area contributed by atoms with Gasteiger partial charge in [0.05, 0.1) is 11.6 Å². The molecule has 1 aliphatic heterocycles. The molecule has 1 aliphatic rings. The average Bonchev–Trinajstić information content (AvgIpc) is 3.08. The SMILES string of the molecule is O=C(NCc1ccc(F)cc1)[C@@H]1CC(=O)N(c2cccc3ccccc23)C1. The van der Waals surface area contributed by atoms with Gasteiger partial charge in [-0.2, -0.15) is 0 Å². The normalized spacial score (nSPS) is 16.7. The second-order valence-corrected chi connectivity index (χ2v) is 6.75. The first kappa shape index (κ1) is 17.2. The lowest BCUT2D eigenvalue weighted by molar-refractivity contribution is -0.126. The third-order valence-corrected chi connectivity index (χ3v) is 4.93. The second-order valence-electron chi connectivity index (χ2n) is 6.75. The van der Waals surface area contributed by atoms with E-state index in [1.54, 1.807) is 17.0 Å². The number of benzene rings is 3. The van der Waals surface area contributed by atoms with E-state index in [2.05, 4.69) is 5.32 Å². The average molecular weight is 362 g/mol. The van der Waals surface area contributed by atoms with E-state index in [9.17, 15) is 14.0 Å². The van der Waals surface area contributed by atoms with Crippen LogP contribution in [0, 0.1) is 11.7 Å². The Morgan fingerprint density at radius 3 is 2.59 bits per heavy atom. The molecule has 2 amide bonds. The van der Waals surface area contributed by atoms with E-state index in [0.29, 0.717) is 13.1 Å². The van der Waals surface area contributed by atoms with Crippen LogP contribution < -0.4 is 10.2 Å². The van der Waals surface area contributed by atoms with Crippen LogP contribution in [-0.2, 0) is 16.1 Å².